The first-order valence-corrected chi connectivity index (χ1v) is 8.90. The molecule has 0 aliphatic carbocycles. The third-order valence-electron chi connectivity index (χ3n) is 4.26. The van der Waals surface area contributed by atoms with Crippen molar-refractivity contribution < 1.29 is 14.5 Å². The normalized spacial score (nSPS) is 11.8. The van der Waals surface area contributed by atoms with E-state index in [4.69, 9.17) is 4.74 Å². The predicted molar refractivity (Wildman–Crippen MR) is 109 cm³/mol. The molecule has 2 aromatic rings. The van der Waals surface area contributed by atoms with Crippen LogP contribution in [0, 0.1) is 17.0 Å². The molecule has 1 N–H and O–H groups in total. The highest BCUT2D eigenvalue weighted by molar-refractivity contribution is 5.99. The van der Waals surface area contributed by atoms with E-state index in [0.717, 1.165) is 0 Å². The van der Waals surface area contributed by atoms with Crippen LogP contribution in [0.3, 0.4) is 0 Å². The Morgan fingerprint density at radius 3 is 2.39 bits per heavy atom. The van der Waals surface area contributed by atoms with E-state index in [0.29, 0.717) is 22.6 Å². The van der Waals surface area contributed by atoms with Gasteiger partial charge in [-0.15, -0.1) is 0 Å². The summed E-state index contributed by atoms with van der Waals surface area (Å²) < 4.78 is 5.47. The van der Waals surface area contributed by atoms with E-state index >= 15 is 0 Å². The smallest absolute Gasteiger partial charge is 0.277 e. The second kappa shape index (κ2) is 8.65. The van der Waals surface area contributed by atoms with Gasteiger partial charge < -0.3 is 4.74 Å². The molecule has 148 valence electrons. The fraction of sp³-hybridized carbons (Fsp3) is 0.333. The number of hydrogen-bond donors (Lipinski definition) is 1. The first kappa shape index (κ1) is 21.1. The minimum atomic E-state index is -0.441. The number of nitrogens with zero attached hydrogens (tertiary/aromatic N) is 2. The van der Waals surface area contributed by atoms with E-state index in [2.05, 4.69) is 31.3 Å². The molecule has 7 heteroatoms. The number of hydrogen-bond acceptors (Lipinski definition) is 5. The summed E-state index contributed by atoms with van der Waals surface area (Å²) in [6, 6.07) is 12.4. The molecule has 1 amide bonds. The monoisotopic (exact) mass is 383 g/mol. The number of nitro groups is 1. The van der Waals surface area contributed by atoms with E-state index in [9.17, 15) is 14.9 Å². The average Bonchev–Trinajstić information content (AvgIpc) is 2.64. The van der Waals surface area contributed by atoms with E-state index in [1.165, 1.54) is 11.6 Å². The Morgan fingerprint density at radius 1 is 1.18 bits per heavy atom. The Morgan fingerprint density at radius 2 is 1.82 bits per heavy atom. The predicted octanol–water partition coefficient (Wildman–Crippen LogP) is 4.12. The van der Waals surface area contributed by atoms with E-state index in [1.54, 1.807) is 26.0 Å². The molecule has 0 heterocycles. The first-order valence-electron chi connectivity index (χ1n) is 8.90. The van der Waals surface area contributed by atoms with Gasteiger partial charge in [0.2, 0.25) is 0 Å². The van der Waals surface area contributed by atoms with E-state index < -0.39 is 10.8 Å². The first-order chi connectivity index (χ1) is 13.1. The van der Waals surface area contributed by atoms with Crippen LogP contribution in [0.1, 0.15) is 44.4 Å². The number of ether oxygens (including phenoxy) is 1. The molecule has 0 unspecified atom stereocenters. The molecule has 0 fully saturated rings. The van der Waals surface area contributed by atoms with Gasteiger partial charge in [0, 0.05) is 17.2 Å². The van der Waals surface area contributed by atoms with Crippen molar-refractivity contribution in [2.24, 2.45) is 5.10 Å². The number of amides is 1. The van der Waals surface area contributed by atoms with Gasteiger partial charge in [0.15, 0.2) is 6.61 Å². The lowest BCUT2D eigenvalue weighted by atomic mass is 9.87. The van der Waals surface area contributed by atoms with Crippen LogP contribution in [0.2, 0.25) is 0 Å². The van der Waals surface area contributed by atoms with Crippen LogP contribution >= 0.6 is 0 Å². The highest BCUT2D eigenvalue weighted by Crippen LogP contribution is 2.24. The molecule has 7 nitrogen and oxygen atoms in total. The Hall–Kier alpha value is -3.22. The number of aryl methyl sites for hydroxylation is 1. The van der Waals surface area contributed by atoms with Crippen molar-refractivity contribution in [3.05, 3.63) is 69.3 Å². The Kier molecular flexibility index (Phi) is 6.51. The number of nitrogens with one attached hydrogen (secondary N) is 1. The lowest BCUT2D eigenvalue weighted by Gasteiger charge is -2.19. The van der Waals surface area contributed by atoms with Crippen LogP contribution in [-0.4, -0.2) is 23.1 Å². The molecule has 0 aliphatic rings. The lowest BCUT2D eigenvalue weighted by molar-refractivity contribution is -0.385. The molecular weight excluding hydrogens is 358 g/mol. The number of nitro benzene ring substituents is 1. The van der Waals surface area contributed by atoms with Gasteiger partial charge in [-0.25, -0.2) is 5.43 Å². The van der Waals surface area contributed by atoms with Gasteiger partial charge in [0.25, 0.3) is 11.6 Å². The van der Waals surface area contributed by atoms with E-state index in [-0.39, 0.29) is 17.7 Å². The highest BCUT2D eigenvalue weighted by atomic mass is 16.6. The minimum Gasteiger partial charge on any atom is -0.484 e. The van der Waals surface area contributed by atoms with E-state index in [1.807, 2.05) is 24.3 Å². The minimum absolute atomic E-state index is 0.0143. The average molecular weight is 383 g/mol. The van der Waals surface area contributed by atoms with Crippen LogP contribution in [0.15, 0.2) is 47.6 Å². The third kappa shape index (κ3) is 5.64. The van der Waals surface area contributed by atoms with Crippen LogP contribution in [0.4, 0.5) is 5.69 Å². The second-order valence-corrected chi connectivity index (χ2v) is 7.55. The van der Waals surface area contributed by atoms with Crippen molar-refractivity contribution in [2.45, 2.75) is 40.0 Å². The zero-order chi connectivity index (χ0) is 20.9. The molecule has 0 radical (unpaired) electrons. The summed E-state index contributed by atoms with van der Waals surface area (Å²) in [6.45, 7) is 9.53. The van der Waals surface area contributed by atoms with Crippen molar-refractivity contribution >= 4 is 17.3 Å². The number of carbonyl (C=O) groups is 1. The summed E-state index contributed by atoms with van der Waals surface area (Å²) in [5, 5.41) is 15.0. The van der Waals surface area contributed by atoms with Crippen molar-refractivity contribution in [3.8, 4) is 5.75 Å². The SMILES string of the molecule is C/C(=N/NC(=O)COc1ccc(C(C)(C)C)cc1)c1ccc(C)c([N+](=O)[O-])c1. The molecule has 2 aromatic carbocycles. The quantitative estimate of drug-likeness (QED) is 0.461. The zero-order valence-corrected chi connectivity index (χ0v) is 16.8. The number of rotatable bonds is 6. The summed E-state index contributed by atoms with van der Waals surface area (Å²) in [7, 11) is 0. The van der Waals surface area contributed by atoms with Gasteiger partial charge in [-0.3, -0.25) is 14.9 Å². The van der Waals surface area contributed by atoms with Crippen molar-refractivity contribution in [2.75, 3.05) is 6.61 Å². The Balaban J connectivity index is 1.94. The fourth-order valence-electron chi connectivity index (χ4n) is 2.47. The molecule has 0 saturated heterocycles. The lowest BCUT2D eigenvalue weighted by Crippen LogP contribution is -2.25. The standard InChI is InChI=1S/C21H25N3O4/c1-14-6-7-16(12-19(14)24(26)27)15(2)22-23-20(25)13-28-18-10-8-17(9-11-18)21(3,4)5/h6-12H,13H2,1-5H3,(H,23,25)/b22-15-. The van der Waals surface area contributed by atoms with Gasteiger partial charge in [0.1, 0.15) is 5.75 Å². The van der Waals surface area contributed by atoms with Gasteiger partial charge in [-0.05, 0) is 37.0 Å². The molecule has 0 atom stereocenters. The number of carbonyl (C=O) groups excluding carboxylic acids is 1. The van der Waals surface area contributed by atoms with Crippen molar-refractivity contribution in [1.29, 1.82) is 0 Å². The molecule has 0 bridgehead atoms. The molecule has 0 aromatic heterocycles. The fourth-order valence-corrected chi connectivity index (χ4v) is 2.47. The molecular formula is C21H25N3O4. The van der Waals surface area contributed by atoms with Gasteiger partial charge in [-0.2, -0.15) is 5.10 Å². The largest absolute Gasteiger partial charge is 0.484 e. The highest BCUT2D eigenvalue weighted by Gasteiger charge is 2.14. The summed E-state index contributed by atoms with van der Waals surface area (Å²) in [5.41, 5.74) is 5.24. The van der Waals surface area contributed by atoms with Crippen LogP contribution in [0.25, 0.3) is 0 Å². The van der Waals surface area contributed by atoms with Crippen molar-refractivity contribution in [1.82, 2.24) is 5.43 Å². The van der Waals surface area contributed by atoms with Crippen LogP contribution in [-0.2, 0) is 10.2 Å². The summed E-state index contributed by atoms with van der Waals surface area (Å²) in [4.78, 5) is 22.6. The third-order valence-corrected chi connectivity index (χ3v) is 4.26. The Labute approximate surface area is 164 Å². The van der Waals surface area contributed by atoms with Gasteiger partial charge in [-0.1, -0.05) is 45.0 Å². The summed E-state index contributed by atoms with van der Waals surface area (Å²) in [5.74, 6) is 0.180. The zero-order valence-electron chi connectivity index (χ0n) is 16.8. The van der Waals surface area contributed by atoms with Gasteiger partial charge in [0.05, 0.1) is 10.6 Å². The maximum atomic E-state index is 12.0. The molecule has 0 spiro atoms. The van der Waals surface area contributed by atoms with Crippen LogP contribution in [0.5, 0.6) is 5.75 Å². The molecule has 0 aliphatic heterocycles. The number of hydrazone groups is 1. The van der Waals surface area contributed by atoms with Crippen molar-refractivity contribution in [3.63, 3.8) is 0 Å². The second-order valence-electron chi connectivity index (χ2n) is 7.55. The van der Waals surface area contributed by atoms with Gasteiger partial charge >= 0.3 is 0 Å². The topological polar surface area (TPSA) is 93.8 Å². The molecule has 28 heavy (non-hydrogen) atoms. The van der Waals surface area contributed by atoms with Crippen LogP contribution < -0.4 is 10.2 Å². The molecule has 0 saturated carbocycles. The molecule has 2 rings (SSSR count). The number of benzene rings is 2. The maximum Gasteiger partial charge on any atom is 0.277 e. The maximum absolute atomic E-state index is 12.0. The summed E-state index contributed by atoms with van der Waals surface area (Å²) >= 11 is 0. The summed E-state index contributed by atoms with van der Waals surface area (Å²) in [6.07, 6.45) is 0. The Bertz CT molecular complexity index is 897.